The number of ether oxygens (including phenoxy) is 1. The van der Waals surface area contributed by atoms with Crippen LogP contribution in [0.4, 0.5) is 4.39 Å². The predicted molar refractivity (Wildman–Crippen MR) is 109 cm³/mol. The van der Waals surface area contributed by atoms with Crippen molar-refractivity contribution in [3.63, 3.8) is 0 Å². The number of rotatable bonds is 4. The van der Waals surface area contributed by atoms with E-state index in [1.165, 1.54) is 17.8 Å². The van der Waals surface area contributed by atoms with Gasteiger partial charge >= 0.3 is 0 Å². The van der Waals surface area contributed by atoms with E-state index in [0.717, 1.165) is 24.4 Å². The summed E-state index contributed by atoms with van der Waals surface area (Å²) in [6.45, 7) is 4.58. The number of nitrogens with zero attached hydrogens (tertiary/aromatic N) is 3. The number of hydrogen-bond acceptors (Lipinski definition) is 4. The van der Waals surface area contributed by atoms with Gasteiger partial charge in [0.15, 0.2) is 5.76 Å². The average Bonchev–Trinajstić information content (AvgIpc) is 3.44. The number of furan rings is 1. The topological polar surface area (TPSA) is 50.9 Å². The molecule has 1 fully saturated rings. The highest BCUT2D eigenvalue weighted by Gasteiger charge is 2.30. The van der Waals surface area contributed by atoms with Crippen molar-refractivity contribution in [1.29, 1.82) is 0 Å². The Kier molecular flexibility index (Phi) is 5.14. The van der Waals surface area contributed by atoms with Gasteiger partial charge in [0.2, 0.25) is 0 Å². The molecular formula is C23H24FN3O3. The maximum Gasteiger partial charge on any atom is 0.289 e. The van der Waals surface area contributed by atoms with Gasteiger partial charge in [0.1, 0.15) is 11.6 Å². The molecule has 7 heteroatoms. The Morgan fingerprint density at radius 3 is 2.60 bits per heavy atom. The summed E-state index contributed by atoms with van der Waals surface area (Å²) in [7, 11) is 0. The standard InChI is InChI=1S/C23H24FN3O3/c24-18-5-3-17(4-6-18)22-20-2-1-9-25(20)10-11-27(22)16-19-7-8-21(30-19)23(28)26-12-14-29-15-13-26/h1-9,22H,10-16H2/t22-/m1/s1. The number of amides is 1. The van der Waals surface area contributed by atoms with Crippen LogP contribution in [0.1, 0.15) is 33.6 Å². The predicted octanol–water partition coefficient (Wildman–Crippen LogP) is 3.30. The van der Waals surface area contributed by atoms with Gasteiger partial charge in [-0.15, -0.1) is 0 Å². The number of benzene rings is 1. The molecule has 1 atom stereocenters. The highest BCUT2D eigenvalue weighted by atomic mass is 19.1. The number of carbonyl (C=O) groups is 1. The van der Waals surface area contributed by atoms with E-state index in [1.807, 2.05) is 24.3 Å². The van der Waals surface area contributed by atoms with E-state index >= 15 is 0 Å². The number of halogens is 1. The second-order valence-corrected chi connectivity index (χ2v) is 7.72. The van der Waals surface area contributed by atoms with Crippen molar-refractivity contribution in [3.8, 4) is 0 Å². The number of hydrogen-bond donors (Lipinski definition) is 0. The van der Waals surface area contributed by atoms with Crippen LogP contribution in [0.25, 0.3) is 0 Å². The molecule has 0 saturated carbocycles. The van der Waals surface area contributed by atoms with E-state index in [9.17, 15) is 9.18 Å². The van der Waals surface area contributed by atoms with E-state index < -0.39 is 0 Å². The fourth-order valence-corrected chi connectivity index (χ4v) is 4.33. The van der Waals surface area contributed by atoms with Crippen molar-refractivity contribution in [2.75, 3.05) is 32.8 Å². The molecule has 3 aromatic rings. The van der Waals surface area contributed by atoms with Crippen molar-refractivity contribution in [3.05, 3.63) is 83.3 Å². The van der Waals surface area contributed by atoms with Gasteiger partial charge in [-0.1, -0.05) is 12.1 Å². The van der Waals surface area contributed by atoms with E-state index in [1.54, 1.807) is 11.0 Å². The van der Waals surface area contributed by atoms with Crippen LogP contribution >= 0.6 is 0 Å². The van der Waals surface area contributed by atoms with E-state index in [2.05, 4.69) is 21.7 Å². The SMILES string of the molecule is O=C(c1ccc(CN2CCn3cccc3[C@H]2c2ccc(F)cc2)o1)N1CCOCC1. The van der Waals surface area contributed by atoms with Gasteiger partial charge in [-0.2, -0.15) is 0 Å². The molecule has 0 radical (unpaired) electrons. The minimum absolute atomic E-state index is 0.00200. The van der Waals surface area contributed by atoms with Gasteiger partial charge in [0.05, 0.1) is 25.8 Å². The summed E-state index contributed by atoms with van der Waals surface area (Å²) in [5, 5.41) is 0. The first-order valence-corrected chi connectivity index (χ1v) is 10.3. The van der Waals surface area contributed by atoms with Gasteiger partial charge < -0.3 is 18.6 Å². The molecule has 2 aliphatic heterocycles. The third-order valence-corrected chi connectivity index (χ3v) is 5.85. The van der Waals surface area contributed by atoms with Gasteiger partial charge in [-0.25, -0.2) is 4.39 Å². The Labute approximate surface area is 174 Å². The lowest BCUT2D eigenvalue weighted by Gasteiger charge is -2.36. The molecule has 0 unspecified atom stereocenters. The zero-order valence-corrected chi connectivity index (χ0v) is 16.7. The Balaban J connectivity index is 1.38. The molecule has 1 saturated heterocycles. The molecule has 156 valence electrons. The molecule has 2 aliphatic rings. The monoisotopic (exact) mass is 409 g/mol. The highest BCUT2D eigenvalue weighted by molar-refractivity contribution is 5.91. The van der Waals surface area contributed by atoms with Gasteiger partial charge in [0, 0.05) is 38.1 Å². The first-order valence-electron chi connectivity index (χ1n) is 10.3. The number of carbonyl (C=O) groups excluding carboxylic acids is 1. The van der Waals surface area contributed by atoms with E-state index in [0.29, 0.717) is 38.6 Å². The number of fused-ring (bicyclic) bond motifs is 1. The Morgan fingerprint density at radius 1 is 1.00 bits per heavy atom. The second kappa shape index (κ2) is 8.08. The van der Waals surface area contributed by atoms with Crippen LogP contribution < -0.4 is 0 Å². The lowest BCUT2D eigenvalue weighted by molar-refractivity contribution is 0.0280. The molecule has 30 heavy (non-hydrogen) atoms. The molecule has 6 nitrogen and oxygen atoms in total. The third kappa shape index (κ3) is 3.66. The third-order valence-electron chi connectivity index (χ3n) is 5.85. The summed E-state index contributed by atoms with van der Waals surface area (Å²) in [6.07, 6.45) is 2.08. The molecule has 0 bridgehead atoms. The van der Waals surface area contributed by atoms with Crippen LogP contribution in [-0.4, -0.2) is 53.1 Å². The normalized spacial score (nSPS) is 19.6. The maximum absolute atomic E-state index is 13.5. The van der Waals surface area contributed by atoms with Crippen molar-refractivity contribution in [2.45, 2.75) is 19.1 Å². The van der Waals surface area contributed by atoms with Crippen molar-refractivity contribution >= 4 is 5.91 Å². The zero-order valence-electron chi connectivity index (χ0n) is 16.7. The summed E-state index contributed by atoms with van der Waals surface area (Å²) in [5.74, 6) is 0.783. The second-order valence-electron chi connectivity index (χ2n) is 7.72. The lowest BCUT2D eigenvalue weighted by atomic mass is 9.99. The zero-order chi connectivity index (χ0) is 20.5. The quantitative estimate of drug-likeness (QED) is 0.664. The summed E-state index contributed by atoms with van der Waals surface area (Å²) in [4.78, 5) is 16.8. The largest absolute Gasteiger partial charge is 0.455 e. The maximum atomic E-state index is 13.5. The van der Waals surface area contributed by atoms with E-state index in [-0.39, 0.29) is 17.8 Å². The van der Waals surface area contributed by atoms with Crippen molar-refractivity contribution in [2.24, 2.45) is 0 Å². The fourth-order valence-electron chi connectivity index (χ4n) is 4.33. The molecule has 1 aromatic carbocycles. The molecule has 5 rings (SSSR count). The molecular weight excluding hydrogens is 385 g/mol. The van der Waals surface area contributed by atoms with Crippen LogP contribution in [0.3, 0.4) is 0 Å². The summed E-state index contributed by atoms with van der Waals surface area (Å²) < 4.78 is 27.0. The molecule has 0 N–H and O–H groups in total. The molecule has 1 amide bonds. The Morgan fingerprint density at radius 2 is 1.80 bits per heavy atom. The number of morpholine rings is 1. The van der Waals surface area contributed by atoms with Crippen LogP contribution in [-0.2, 0) is 17.8 Å². The number of aromatic nitrogens is 1. The van der Waals surface area contributed by atoms with Crippen LogP contribution in [0.15, 0.2) is 59.1 Å². The lowest BCUT2D eigenvalue weighted by Crippen LogP contribution is -2.40. The first kappa shape index (κ1) is 19.1. The Bertz CT molecular complexity index is 1020. The van der Waals surface area contributed by atoms with Gasteiger partial charge in [-0.3, -0.25) is 9.69 Å². The minimum atomic E-state index is -0.242. The average molecular weight is 409 g/mol. The summed E-state index contributed by atoms with van der Waals surface area (Å²) in [5.41, 5.74) is 2.20. The molecule has 2 aromatic heterocycles. The fraction of sp³-hybridized carbons (Fsp3) is 0.348. The van der Waals surface area contributed by atoms with Crippen LogP contribution in [0, 0.1) is 5.82 Å². The van der Waals surface area contributed by atoms with Crippen LogP contribution in [0.5, 0.6) is 0 Å². The van der Waals surface area contributed by atoms with Crippen molar-refractivity contribution in [1.82, 2.24) is 14.4 Å². The van der Waals surface area contributed by atoms with Gasteiger partial charge in [-0.05, 0) is 42.0 Å². The Hall–Kier alpha value is -2.90. The minimum Gasteiger partial charge on any atom is -0.455 e. The van der Waals surface area contributed by atoms with E-state index in [4.69, 9.17) is 9.15 Å². The first-order chi connectivity index (χ1) is 14.7. The molecule has 0 spiro atoms. The molecule has 0 aliphatic carbocycles. The summed E-state index contributed by atoms with van der Waals surface area (Å²) in [6, 6.07) is 14.5. The highest BCUT2D eigenvalue weighted by Crippen LogP contribution is 2.33. The smallest absolute Gasteiger partial charge is 0.289 e. The summed E-state index contributed by atoms with van der Waals surface area (Å²) >= 11 is 0. The molecule has 4 heterocycles. The van der Waals surface area contributed by atoms with Crippen molar-refractivity contribution < 1.29 is 18.3 Å². The van der Waals surface area contributed by atoms with Crippen LogP contribution in [0.2, 0.25) is 0 Å². The van der Waals surface area contributed by atoms with Gasteiger partial charge in [0.25, 0.3) is 5.91 Å².